The van der Waals surface area contributed by atoms with Gasteiger partial charge in [-0.2, -0.15) is 0 Å². The number of rotatable bonds is 8. The monoisotopic (exact) mass is 604 g/mol. The summed E-state index contributed by atoms with van der Waals surface area (Å²) in [5.74, 6) is -0.353. The Bertz CT molecular complexity index is 1890. The van der Waals surface area contributed by atoms with Gasteiger partial charge in [-0.3, -0.25) is 19.3 Å². The first-order valence-corrected chi connectivity index (χ1v) is 15.7. The van der Waals surface area contributed by atoms with E-state index in [1.54, 1.807) is 49.2 Å². The van der Waals surface area contributed by atoms with Gasteiger partial charge >= 0.3 is 0 Å². The number of nitrogens with one attached hydrogen (secondary N) is 2. The second kappa shape index (κ2) is 10.0. The third-order valence-corrected chi connectivity index (χ3v) is 8.40. The molecule has 1 unspecified atom stereocenters. The molecule has 0 bridgehead atoms. The lowest BCUT2D eigenvalue weighted by Gasteiger charge is -2.24. The van der Waals surface area contributed by atoms with Crippen molar-refractivity contribution in [1.82, 2.24) is 24.5 Å². The van der Waals surface area contributed by atoms with Crippen LogP contribution in [0.1, 0.15) is 65.6 Å². The predicted octanol–water partition coefficient (Wildman–Crippen LogP) is 2.98. The fraction of sp³-hybridized carbons (Fsp3) is 0.345. The van der Waals surface area contributed by atoms with Crippen LogP contribution in [0.5, 0.6) is 0 Å². The smallest absolute Gasteiger partial charge is 0.263 e. The van der Waals surface area contributed by atoms with E-state index in [4.69, 9.17) is 5.73 Å². The minimum absolute atomic E-state index is 0.0353. The fourth-order valence-electron chi connectivity index (χ4n) is 5.42. The van der Waals surface area contributed by atoms with Crippen LogP contribution in [0.4, 0.5) is 17.2 Å². The molecule has 1 fully saturated rings. The van der Waals surface area contributed by atoms with Crippen molar-refractivity contribution in [3.05, 3.63) is 65.1 Å². The summed E-state index contributed by atoms with van der Waals surface area (Å²) in [6.07, 6.45) is 6.21. The number of hydrogen-bond donors (Lipinski definition) is 4. The maximum Gasteiger partial charge on any atom is 0.263 e. The number of carbonyl (C=O) groups is 2. The van der Waals surface area contributed by atoms with Gasteiger partial charge in [-0.05, 0) is 75.4 Å². The van der Waals surface area contributed by atoms with Gasteiger partial charge in [0.1, 0.15) is 11.2 Å². The molecule has 1 atom stereocenters. The van der Waals surface area contributed by atoms with E-state index in [0.717, 1.165) is 19.1 Å². The first kappa shape index (κ1) is 28.6. The van der Waals surface area contributed by atoms with Gasteiger partial charge in [0.2, 0.25) is 10.0 Å². The number of pyridine rings is 1. The van der Waals surface area contributed by atoms with Gasteiger partial charge in [0.15, 0.2) is 11.5 Å². The van der Waals surface area contributed by atoms with Crippen molar-refractivity contribution in [2.24, 2.45) is 5.92 Å². The number of hydrogen-bond acceptors (Lipinski definition) is 9. The lowest BCUT2D eigenvalue weighted by molar-refractivity contribution is 0.0697. The molecule has 2 aliphatic rings. The third kappa shape index (κ3) is 5.50. The van der Waals surface area contributed by atoms with E-state index in [9.17, 15) is 23.1 Å². The molecular formula is C29H32N8O5S. The molecule has 5 N–H and O–H groups in total. The van der Waals surface area contributed by atoms with Crippen molar-refractivity contribution < 1.29 is 23.1 Å². The number of benzene rings is 1. The van der Waals surface area contributed by atoms with E-state index in [0.29, 0.717) is 46.2 Å². The van der Waals surface area contributed by atoms with Crippen molar-refractivity contribution in [1.29, 1.82) is 0 Å². The molecule has 224 valence electrons. The summed E-state index contributed by atoms with van der Waals surface area (Å²) in [4.78, 5) is 37.4. The van der Waals surface area contributed by atoms with E-state index >= 15 is 0 Å². The van der Waals surface area contributed by atoms with Crippen LogP contribution < -0.4 is 15.8 Å². The van der Waals surface area contributed by atoms with E-state index in [-0.39, 0.29) is 34.7 Å². The molecule has 43 heavy (non-hydrogen) atoms. The Kier molecular flexibility index (Phi) is 6.65. The van der Waals surface area contributed by atoms with Gasteiger partial charge in [0, 0.05) is 24.3 Å². The summed E-state index contributed by atoms with van der Waals surface area (Å²) < 4.78 is 28.4. The normalized spacial score (nSPS) is 15.9. The van der Waals surface area contributed by atoms with Crippen LogP contribution in [0.15, 0.2) is 42.7 Å². The van der Waals surface area contributed by atoms with Gasteiger partial charge in [-0.25, -0.2) is 17.9 Å². The van der Waals surface area contributed by atoms with E-state index in [1.807, 2.05) is 13.0 Å². The number of nitrogens with zero attached hydrogens (tertiary/aromatic N) is 5. The molecule has 4 aromatic rings. The van der Waals surface area contributed by atoms with Crippen LogP contribution in [0.2, 0.25) is 0 Å². The number of aliphatic hydroxyl groups is 1. The summed E-state index contributed by atoms with van der Waals surface area (Å²) in [5, 5.41) is 17.1. The molecule has 1 aromatic carbocycles. The van der Waals surface area contributed by atoms with Crippen molar-refractivity contribution in [2.45, 2.75) is 51.8 Å². The Balaban J connectivity index is 1.37. The van der Waals surface area contributed by atoms with Crippen LogP contribution in [0, 0.1) is 5.92 Å². The average Bonchev–Trinajstić information content (AvgIpc) is 3.64. The molecule has 14 heteroatoms. The highest BCUT2D eigenvalue weighted by Crippen LogP contribution is 2.41. The SMILES string of the molecule is CC(C1CC1)N1Cc2cc(-c3ccn4nc(N)c(C(=O)Nc5ccc(C(C)(C)O)nc5)c4n3)cc(NS(C)(=O)=O)c2C1=O. The van der Waals surface area contributed by atoms with Gasteiger partial charge in [-0.15, -0.1) is 5.10 Å². The molecule has 13 nitrogen and oxygen atoms in total. The molecule has 6 rings (SSSR count). The first-order chi connectivity index (χ1) is 20.2. The van der Waals surface area contributed by atoms with E-state index < -0.39 is 21.5 Å². The predicted molar refractivity (Wildman–Crippen MR) is 161 cm³/mol. The highest BCUT2D eigenvalue weighted by atomic mass is 32.2. The molecule has 2 amide bonds. The Morgan fingerprint density at radius 1 is 1.21 bits per heavy atom. The van der Waals surface area contributed by atoms with Crippen molar-refractivity contribution in [2.75, 3.05) is 22.0 Å². The number of carbonyl (C=O) groups excluding carboxylic acids is 2. The molecule has 4 heterocycles. The largest absolute Gasteiger partial charge is 0.384 e. The second-order valence-electron chi connectivity index (χ2n) is 11.7. The minimum Gasteiger partial charge on any atom is -0.384 e. The number of anilines is 3. The molecule has 1 aliphatic carbocycles. The second-order valence-corrected chi connectivity index (χ2v) is 13.5. The number of nitrogen functional groups attached to an aromatic ring is 1. The van der Waals surface area contributed by atoms with Gasteiger partial charge in [0.25, 0.3) is 11.8 Å². The molecule has 0 radical (unpaired) electrons. The van der Waals surface area contributed by atoms with Crippen LogP contribution in [0.3, 0.4) is 0 Å². The summed E-state index contributed by atoms with van der Waals surface area (Å²) in [7, 11) is -3.70. The standard InChI is InChI=1S/C29H32N8O5S/c1-15(16-5-6-16)36-14-18-11-17(12-21(23(18)28(36)39)35-43(4,41)42)20-9-10-37-26(33-20)24(25(30)34-37)27(38)32-19-7-8-22(31-13-19)29(2,3)40/h7-13,15-16,35,40H,5-6,14H2,1-4H3,(H2,30,34)(H,32,38). The third-order valence-electron chi connectivity index (χ3n) is 7.81. The summed E-state index contributed by atoms with van der Waals surface area (Å²) in [5.41, 5.74) is 8.25. The van der Waals surface area contributed by atoms with Gasteiger partial charge in [-0.1, -0.05) is 0 Å². The zero-order valence-corrected chi connectivity index (χ0v) is 24.9. The zero-order valence-electron chi connectivity index (χ0n) is 24.1. The number of nitrogens with two attached hydrogens (primary N) is 1. The maximum absolute atomic E-state index is 13.4. The Morgan fingerprint density at radius 3 is 2.58 bits per heavy atom. The lowest BCUT2D eigenvalue weighted by atomic mass is 10.0. The fourth-order valence-corrected chi connectivity index (χ4v) is 5.98. The highest BCUT2D eigenvalue weighted by Gasteiger charge is 2.40. The van der Waals surface area contributed by atoms with Crippen LogP contribution in [-0.4, -0.2) is 62.1 Å². The zero-order chi connectivity index (χ0) is 30.8. The molecule has 0 saturated heterocycles. The molecule has 1 aliphatic heterocycles. The Labute approximate surface area is 248 Å². The van der Waals surface area contributed by atoms with Gasteiger partial charge < -0.3 is 21.1 Å². The quantitative estimate of drug-likeness (QED) is 0.235. The summed E-state index contributed by atoms with van der Waals surface area (Å²) in [6, 6.07) is 8.35. The minimum atomic E-state index is -3.70. The summed E-state index contributed by atoms with van der Waals surface area (Å²) >= 11 is 0. The Morgan fingerprint density at radius 2 is 1.95 bits per heavy atom. The van der Waals surface area contributed by atoms with E-state index in [1.165, 1.54) is 10.7 Å². The van der Waals surface area contributed by atoms with Crippen molar-refractivity contribution in [3.63, 3.8) is 0 Å². The number of fused-ring (bicyclic) bond motifs is 2. The summed E-state index contributed by atoms with van der Waals surface area (Å²) in [6.45, 7) is 5.60. The lowest BCUT2D eigenvalue weighted by Crippen LogP contribution is -2.34. The number of sulfonamides is 1. The molecule has 0 spiro atoms. The van der Waals surface area contributed by atoms with Gasteiger partial charge in [0.05, 0.1) is 40.8 Å². The van der Waals surface area contributed by atoms with E-state index in [2.05, 4.69) is 25.1 Å². The topological polar surface area (TPSA) is 185 Å². The molecular weight excluding hydrogens is 572 g/mol. The number of aromatic nitrogens is 4. The molecule has 1 saturated carbocycles. The highest BCUT2D eigenvalue weighted by molar-refractivity contribution is 7.92. The molecule has 3 aromatic heterocycles. The van der Waals surface area contributed by atoms with Crippen molar-refractivity contribution >= 4 is 44.7 Å². The van der Waals surface area contributed by atoms with Crippen LogP contribution in [-0.2, 0) is 22.2 Å². The van der Waals surface area contributed by atoms with Crippen LogP contribution >= 0.6 is 0 Å². The first-order valence-electron chi connectivity index (χ1n) is 13.8. The number of amides is 2. The average molecular weight is 605 g/mol. The van der Waals surface area contributed by atoms with Crippen molar-refractivity contribution in [3.8, 4) is 11.3 Å². The van der Waals surface area contributed by atoms with Crippen LogP contribution in [0.25, 0.3) is 16.9 Å². The maximum atomic E-state index is 13.4. The Hall–Kier alpha value is -4.56.